The van der Waals surface area contributed by atoms with Crippen molar-refractivity contribution < 1.29 is 38.3 Å². The normalized spacial score (nSPS) is 16.8. The van der Waals surface area contributed by atoms with Crippen LogP contribution in [0, 0.1) is 12.3 Å². The maximum Gasteiger partial charge on any atom is 0.246 e. The first-order chi connectivity index (χ1) is 35.4. The van der Waals surface area contributed by atoms with Crippen molar-refractivity contribution in [2.45, 2.75) is 84.5 Å². The fraction of sp³-hybridized carbons (Fsp3) is 0.491. The smallest absolute Gasteiger partial charge is 0.246 e. The molecule has 3 N–H and O–H groups in total. The number of hydrogen-bond donors (Lipinski definition) is 3. The number of piperazine rings is 1. The van der Waals surface area contributed by atoms with Gasteiger partial charge in [0.15, 0.2) is 0 Å². The molecule has 5 aromatic rings. The van der Waals surface area contributed by atoms with E-state index in [2.05, 4.69) is 48.6 Å². The number of ether oxygens (including phenoxy) is 3. The largest absolute Gasteiger partial charge is 0.496 e. The molecule has 3 aromatic carbocycles. The second-order valence-electron chi connectivity index (χ2n) is 20.5. The van der Waals surface area contributed by atoms with Crippen LogP contribution >= 0.6 is 30.1 Å². The van der Waals surface area contributed by atoms with Gasteiger partial charge in [0.05, 0.1) is 59.8 Å². The molecule has 0 saturated carbocycles. The SMILES string of the molecule is COc1cc(N2CCN(CCCOCCOCCC(=O)N[C@H](C(=O)N3C[C@H](O)C[C@H]3C(=O)NCc3ccc(-c4scnc4C)cc3)C(C)(C)C)CC2)ccc1Cc1ncc(Cl)c(Cc2ccccc2P(C)(C)=O)n1. The summed E-state index contributed by atoms with van der Waals surface area (Å²) in [4.78, 5) is 61.6. The average Bonchev–Trinajstić information content (AvgIpc) is 4.00. The lowest BCUT2D eigenvalue weighted by molar-refractivity contribution is -0.144. The van der Waals surface area contributed by atoms with Crippen LogP contribution in [0.5, 0.6) is 5.75 Å². The van der Waals surface area contributed by atoms with E-state index in [1.165, 1.54) is 4.90 Å². The molecular formula is C55H72ClN8O8PS. The minimum absolute atomic E-state index is 0.00372. The summed E-state index contributed by atoms with van der Waals surface area (Å²) >= 11 is 8.15. The quantitative estimate of drug-likeness (QED) is 0.0461. The topological polar surface area (TPSA) is 189 Å². The number of thiazole rings is 1. The number of carbonyl (C=O) groups excluding carboxylic acids is 3. The highest BCUT2D eigenvalue weighted by atomic mass is 35.5. The monoisotopic (exact) mass is 1070 g/mol. The first kappa shape index (κ1) is 56.5. The summed E-state index contributed by atoms with van der Waals surface area (Å²) in [6.45, 7) is 17.4. The molecule has 2 aromatic heterocycles. The molecule has 4 heterocycles. The molecule has 16 nitrogen and oxygen atoms in total. The second-order valence-corrected chi connectivity index (χ2v) is 25.0. The molecule has 2 aliphatic rings. The van der Waals surface area contributed by atoms with Crippen LogP contribution in [0.4, 0.5) is 5.69 Å². The van der Waals surface area contributed by atoms with Gasteiger partial charge in [-0.2, -0.15) is 0 Å². The number of halogens is 1. The summed E-state index contributed by atoms with van der Waals surface area (Å²) in [6.07, 6.45) is 2.76. The number of aromatic nitrogens is 3. The molecule has 3 atom stereocenters. The van der Waals surface area contributed by atoms with E-state index in [1.807, 2.05) is 81.7 Å². The third-order valence-corrected chi connectivity index (χ3v) is 16.4. The number of nitrogens with zero attached hydrogens (tertiary/aromatic N) is 6. The van der Waals surface area contributed by atoms with Gasteiger partial charge in [-0.25, -0.2) is 15.0 Å². The van der Waals surface area contributed by atoms with Crippen molar-refractivity contribution in [2.75, 3.05) is 91.0 Å². The van der Waals surface area contributed by atoms with Crippen LogP contribution in [0.3, 0.4) is 0 Å². The van der Waals surface area contributed by atoms with E-state index in [4.69, 9.17) is 30.8 Å². The van der Waals surface area contributed by atoms with E-state index in [-0.39, 0.29) is 44.4 Å². The minimum atomic E-state index is -2.49. The third kappa shape index (κ3) is 15.4. The lowest BCUT2D eigenvalue weighted by Crippen LogP contribution is -2.57. The Labute approximate surface area is 444 Å². The highest BCUT2D eigenvalue weighted by molar-refractivity contribution is 7.70. The van der Waals surface area contributed by atoms with E-state index in [1.54, 1.807) is 38.0 Å². The minimum Gasteiger partial charge on any atom is -0.496 e. The number of aryl methyl sites for hydroxylation is 1. The van der Waals surface area contributed by atoms with Crippen LogP contribution in [-0.4, -0.2) is 152 Å². The predicted octanol–water partition coefficient (Wildman–Crippen LogP) is 6.74. The molecule has 2 aliphatic heterocycles. The van der Waals surface area contributed by atoms with E-state index >= 15 is 0 Å². The Morgan fingerprint density at radius 3 is 2.35 bits per heavy atom. The fourth-order valence-corrected chi connectivity index (χ4v) is 11.6. The Morgan fingerprint density at radius 1 is 0.932 bits per heavy atom. The highest BCUT2D eigenvalue weighted by Gasteiger charge is 2.44. The molecule has 19 heteroatoms. The number of rotatable bonds is 23. The maximum atomic E-state index is 14.0. The van der Waals surface area contributed by atoms with Gasteiger partial charge in [0.2, 0.25) is 17.7 Å². The Balaban J connectivity index is 0.773. The molecule has 3 amide bonds. The molecule has 0 aliphatic carbocycles. The van der Waals surface area contributed by atoms with Gasteiger partial charge in [-0.3, -0.25) is 19.3 Å². The summed E-state index contributed by atoms with van der Waals surface area (Å²) in [5, 5.41) is 17.7. The van der Waals surface area contributed by atoms with Gasteiger partial charge in [0.25, 0.3) is 0 Å². The van der Waals surface area contributed by atoms with E-state index in [9.17, 15) is 24.1 Å². The van der Waals surface area contributed by atoms with Gasteiger partial charge < -0.3 is 44.3 Å². The third-order valence-electron chi connectivity index (χ3n) is 13.5. The van der Waals surface area contributed by atoms with Crippen molar-refractivity contribution in [2.24, 2.45) is 5.41 Å². The molecule has 74 heavy (non-hydrogen) atoms. The zero-order valence-corrected chi connectivity index (χ0v) is 46.2. The number of likely N-dealkylation sites (tertiary alicyclic amines) is 1. The molecule has 0 radical (unpaired) electrons. The Kier molecular flexibility index (Phi) is 19.8. The summed E-state index contributed by atoms with van der Waals surface area (Å²) in [5.41, 5.74) is 7.80. The van der Waals surface area contributed by atoms with Crippen LogP contribution in [0.25, 0.3) is 10.4 Å². The van der Waals surface area contributed by atoms with Gasteiger partial charge >= 0.3 is 0 Å². The van der Waals surface area contributed by atoms with Crippen LogP contribution in [0.2, 0.25) is 5.02 Å². The lowest BCUT2D eigenvalue weighted by atomic mass is 9.85. The number of amides is 3. The number of nitrogens with one attached hydrogen (secondary N) is 2. The van der Waals surface area contributed by atoms with Crippen molar-refractivity contribution >= 4 is 58.8 Å². The molecule has 7 rings (SSSR count). The van der Waals surface area contributed by atoms with Crippen LogP contribution in [0.15, 0.2) is 78.4 Å². The van der Waals surface area contributed by atoms with Crippen LogP contribution < -0.4 is 25.6 Å². The number of benzene rings is 3. The van der Waals surface area contributed by atoms with E-state index in [0.29, 0.717) is 49.2 Å². The number of hydrogen-bond acceptors (Lipinski definition) is 14. The summed E-state index contributed by atoms with van der Waals surface area (Å²) in [6, 6.07) is 20.2. The second kappa shape index (κ2) is 26.0. The number of carbonyl (C=O) groups is 3. The van der Waals surface area contributed by atoms with Gasteiger partial charge in [-0.05, 0) is 54.8 Å². The summed E-state index contributed by atoms with van der Waals surface area (Å²) in [5.74, 6) is 0.303. The van der Waals surface area contributed by atoms with Gasteiger partial charge in [-0.15, -0.1) is 11.3 Å². The molecule has 0 bridgehead atoms. The molecule has 2 fully saturated rings. The Hall–Kier alpha value is -5.26. The van der Waals surface area contributed by atoms with Crippen molar-refractivity contribution in [3.8, 4) is 16.2 Å². The summed E-state index contributed by atoms with van der Waals surface area (Å²) in [7, 11) is -0.807. The van der Waals surface area contributed by atoms with Gasteiger partial charge in [0.1, 0.15) is 30.8 Å². The van der Waals surface area contributed by atoms with Gasteiger partial charge in [-0.1, -0.05) is 87.0 Å². The predicted molar refractivity (Wildman–Crippen MR) is 292 cm³/mol. The molecular weight excluding hydrogens is 999 g/mol. The zero-order valence-electron chi connectivity index (χ0n) is 43.8. The molecule has 0 spiro atoms. The highest BCUT2D eigenvalue weighted by Crippen LogP contribution is 2.37. The first-order valence-electron chi connectivity index (χ1n) is 25.4. The molecule has 0 unspecified atom stereocenters. The average molecular weight is 1070 g/mol. The number of anilines is 1. The van der Waals surface area contributed by atoms with Crippen molar-refractivity contribution in [1.29, 1.82) is 0 Å². The van der Waals surface area contributed by atoms with E-state index < -0.39 is 36.7 Å². The number of methoxy groups -OCH3 is 1. The Bertz CT molecular complexity index is 2740. The lowest BCUT2D eigenvalue weighted by Gasteiger charge is -2.36. The van der Waals surface area contributed by atoms with Crippen molar-refractivity contribution in [1.82, 2.24) is 35.4 Å². The molecule has 398 valence electrons. The number of aliphatic hydroxyl groups excluding tert-OH is 1. The fourth-order valence-electron chi connectivity index (χ4n) is 9.39. The van der Waals surface area contributed by atoms with Crippen LogP contribution in [0.1, 0.15) is 73.9 Å². The van der Waals surface area contributed by atoms with Crippen LogP contribution in [-0.2, 0) is 47.8 Å². The van der Waals surface area contributed by atoms with Crippen molar-refractivity contribution in [3.63, 3.8) is 0 Å². The van der Waals surface area contributed by atoms with Gasteiger partial charge in [0, 0.05) is 107 Å². The summed E-state index contributed by atoms with van der Waals surface area (Å²) < 4.78 is 30.4. The Morgan fingerprint density at radius 2 is 1.66 bits per heavy atom. The standard InChI is InChI=1S/C55H72ClN8O8PS/c1-37-51(74-36-59-37)39-15-13-38(14-16-39)33-58-53(67)46-32-43(65)35-64(46)54(68)52(55(2,3)4)61-50(66)19-26-72-28-27-71-25-10-20-62-21-23-63(24-22-62)42-18-17-40(47(31-42)70-5)30-49-57-34-44(56)45(60-49)29-41-11-8-9-12-48(41)73(6,7)69/h8-9,11-18,31,34,36,43,46,52,65H,10,19-30,32-33,35H2,1-7H3,(H,58,67)(H,61,66)/t43-,46+,52-/m1/s1. The van der Waals surface area contributed by atoms with Crippen molar-refractivity contribution in [3.05, 3.63) is 117 Å². The zero-order chi connectivity index (χ0) is 53.0. The maximum absolute atomic E-state index is 14.0. The first-order valence-corrected chi connectivity index (χ1v) is 29.2. The van der Waals surface area contributed by atoms with E-state index in [0.717, 1.165) is 88.7 Å². The molecule has 2 saturated heterocycles. The number of β-amino-alcohol motifs (C(OH)–C–C–N with tert-alkyl or cyclic N) is 1. The number of aliphatic hydroxyl groups is 1.